The van der Waals surface area contributed by atoms with Crippen LogP contribution in [0.3, 0.4) is 0 Å². The number of amides is 2. The van der Waals surface area contributed by atoms with Crippen LogP contribution in [0, 0.1) is 26.6 Å². The third-order valence-corrected chi connectivity index (χ3v) is 6.03. The van der Waals surface area contributed by atoms with Crippen molar-refractivity contribution in [2.75, 3.05) is 5.32 Å². The van der Waals surface area contributed by atoms with Crippen LogP contribution in [0.5, 0.6) is 0 Å². The van der Waals surface area contributed by atoms with Crippen LogP contribution in [0.25, 0.3) is 0 Å². The van der Waals surface area contributed by atoms with Crippen LogP contribution >= 0.6 is 0 Å². The normalized spacial score (nSPS) is 18.5. The Balaban J connectivity index is 1.80. The van der Waals surface area contributed by atoms with Crippen LogP contribution in [0.2, 0.25) is 0 Å². The van der Waals surface area contributed by atoms with Gasteiger partial charge in [0.15, 0.2) is 0 Å². The van der Waals surface area contributed by atoms with Gasteiger partial charge in [0.1, 0.15) is 5.82 Å². The van der Waals surface area contributed by atoms with E-state index in [4.69, 9.17) is 0 Å². The molecule has 1 heterocycles. The van der Waals surface area contributed by atoms with Gasteiger partial charge in [-0.1, -0.05) is 0 Å². The topological polar surface area (TPSA) is 100 Å². The largest absolute Gasteiger partial charge is 0.393 e. The first-order chi connectivity index (χ1) is 14.6. The van der Waals surface area contributed by atoms with E-state index in [2.05, 4.69) is 10.6 Å². The Labute approximate surface area is 180 Å². The first-order valence-electron chi connectivity index (χ1n) is 10.4. The van der Waals surface area contributed by atoms with Crippen molar-refractivity contribution < 1.29 is 23.9 Å². The zero-order valence-corrected chi connectivity index (χ0v) is 18.2. The number of Topliss-reactive ketones (excluding diaryl/α,β-unsaturated/α-hetero) is 1. The number of benzene rings is 1. The number of nitrogens with one attached hydrogen (secondary N) is 2. The highest BCUT2D eigenvalue weighted by Gasteiger charge is 2.30. The molecule has 0 atom stereocenters. The molecule has 0 bridgehead atoms. The summed E-state index contributed by atoms with van der Waals surface area (Å²) in [5.41, 5.74) is 2.27. The van der Waals surface area contributed by atoms with Crippen LogP contribution in [0.1, 0.15) is 63.4 Å². The SMILES string of the molecule is Cc1cc(NC(=O)c2c(C)c(C(=O)C(=O)NC3CCC(O)CC3)n(C)c2C)ccc1F. The van der Waals surface area contributed by atoms with E-state index >= 15 is 0 Å². The van der Waals surface area contributed by atoms with Crippen molar-refractivity contribution in [3.8, 4) is 0 Å². The quantitative estimate of drug-likeness (QED) is 0.503. The van der Waals surface area contributed by atoms with Crippen molar-refractivity contribution in [1.82, 2.24) is 9.88 Å². The van der Waals surface area contributed by atoms with E-state index in [1.807, 2.05) is 0 Å². The second-order valence-electron chi connectivity index (χ2n) is 8.22. The molecule has 0 aliphatic heterocycles. The highest BCUT2D eigenvalue weighted by molar-refractivity contribution is 6.43. The molecule has 3 N–H and O–H groups in total. The second-order valence-corrected chi connectivity index (χ2v) is 8.22. The fraction of sp³-hybridized carbons (Fsp3) is 0.435. The minimum atomic E-state index is -0.716. The lowest BCUT2D eigenvalue weighted by molar-refractivity contribution is -0.118. The number of nitrogens with zero attached hydrogens (tertiary/aromatic N) is 1. The Morgan fingerprint density at radius 1 is 1.10 bits per heavy atom. The Morgan fingerprint density at radius 3 is 2.35 bits per heavy atom. The summed E-state index contributed by atoms with van der Waals surface area (Å²) in [5, 5.41) is 15.1. The van der Waals surface area contributed by atoms with Crippen molar-refractivity contribution in [1.29, 1.82) is 0 Å². The lowest BCUT2D eigenvalue weighted by atomic mass is 9.93. The van der Waals surface area contributed by atoms with Crippen molar-refractivity contribution in [3.05, 3.63) is 52.1 Å². The van der Waals surface area contributed by atoms with E-state index in [1.165, 1.54) is 18.2 Å². The number of carbonyl (C=O) groups excluding carboxylic acids is 3. The minimum absolute atomic E-state index is 0.147. The fourth-order valence-electron chi connectivity index (χ4n) is 4.13. The number of hydrogen-bond acceptors (Lipinski definition) is 4. The Bertz CT molecular complexity index is 1040. The number of aromatic nitrogens is 1. The number of aryl methyl sites for hydroxylation is 1. The molecule has 1 aliphatic rings. The molecule has 1 aromatic heterocycles. The standard InChI is InChI=1S/C23H28FN3O4/c1-12-11-16(7-10-18(12)24)26-22(30)19-13(2)20(27(4)14(19)3)21(29)23(31)25-15-5-8-17(28)9-6-15/h7,10-11,15,17,28H,5-6,8-9H2,1-4H3,(H,25,31)(H,26,30). The summed E-state index contributed by atoms with van der Waals surface area (Å²) in [6.45, 7) is 4.94. The van der Waals surface area contributed by atoms with Gasteiger partial charge in [-0.15, -0.1) is 0 Å². The third-order valence-electron chi connectivity index (χ3n) is 6.03. The predicted octanol–water partition coefficient (Wildman–Crippen LogP) is 2.94. The van der Waals surface area contributed by atoms with Crippen molar-refractivity contribution in [2.45, 2.75) is 58.6 Å². The number of aliphatic hydroxyl groups excluding tert-OH is 1. The molecule has 0 spiro atoms. The molecule has 2 aromatic rings. The molecule has 0 radical (unpaired) electrons. The molecule has 1 saturated carbocycles. The first kappa shape index (κ1) is 22.7. The highest BCUT2D eigenvalue weighted by Crippen LogP contribution is 2.24. The lowest BCUT2D eigenvalue weighted by Gasteiger charge is -2.25. The Hall–Kier alpha value is -3.00. The number of ketones is 1. The maximum absolute atomic E-state index is 13.5. The van der Waals surface area contributed by atoms with Gasteiger partial charge in [0.2, 0.25) is 0 Å². The number of hydrogen-bond donors (Lipinski definition) is 3. The monoisotopic (exact) mass is 429 g/mol. The summed E-state index contributed by atoms with van der Waals surface area (Å²) in [5.74, 6) is -2.22. The molecule has 31 heavy (non-hydrogen) atoms. The van der Waals surface area contributed by atoms with Crippen LogP contribution in [0.4, 0.5) is 10.1 Å². The Morgan fingerprint density at radius 2 is 1.74 bits per heavy atom. The molecule has 1 fully saturated rings. The van der Waals surface area contributed by atoms with Crippen molar-refractivity contribution >= 4 is 23.3 Å². The van der Waals surface area contributed by atoms with Gasteiger partial charge in [-0.05, 0) is 75.8 Å². The van der Waals surface area contributed by atoms with Gasteiger partial charge < -0.3 is 20.3 Å². The van der Waals surface area contributed by atoms with Crippen LogP contribution in [0.15, 0.2) is 18.2 Å². The summed E-state index contributed by atoms with van der Waals surface area (Å²) in [6, 6.07) is 4.13. The van der Waals surface area contributed by atoms with Gasteiger partial charge in [-0.3, -0.25) is 14.4 Å². The molecule has 7 nitrogen and oxygen atoms in total. The minimum Gasteiger partial charge on any atom is -0.393 e. The van der Waals surface area contributed by atoms with Crippen LogP contribution in [-0.4, -0.2) is 39.4 Å². The molecule has 1 aromatic carbocycles. The summed E-state index contributed by atoms with van der Waals surface area (Å²) >= 11 is 0. The Kier molecular flexibility index (Phi) is 6.59. The number of aliphatic hydroxyl groups is 1. The van der Waals surface area contributed by atoms with E-state index in [-0.39, 0.29) is 23.7 Å². The van der Waals surface area contributed by atoms with E-state index in [1.54, 1.807) is 32.4 Å². The molecule has 0 saturated heterocycles. The zero-order valence-electron chi connectivity index (χ0n) is 18.2. The highest BCUT2D eigenvalue weighted by atomic mass is 19.1. The number of rotatable bonds is 5. The van der Waals surface area contributed by atoms with E-state index < -0.39 is 17.6 Å². The summed E-state index contributed by atoms with van der Waals surface area (Å²) in [7, 11) is 1.64. The van der Waals surface area contributed by atoms with Gasteiger partial charge >= 0.3 is 0 Å². The molecular weight excluding hydrogens is 401 g/mol. The van der Waals surface area contributed by atoms with Gasteiger partial charge in [-0.2, -0.15) is 0 Å². The molecule has 3 rings (SSSR count). The zero-order chi connectivity index (χ0) is 22.9. The van der Waals surface area contributed by atoms with E-state index in [0.717, 1.165) is 0 Å². The maximum Gasteiger partial charge on any atom is 0.294 e. The molecule has 2 amide bonds. The molecule has 8 heteroatoms. The number of carbonyl (C=O) groups is 3. The molecule has 166 valence electrons. The third kappa shape index (κ3) is 4.69. The number of anilines is 1. The lowest BCUT2D eigenvalue weighted by Crippen LogP contribution is -2.42. The fourth-order valence-corrected chi connectivity index (χ4v) is 4.13. The van der Waals surface area contributed by atoms with Gasteiger partial charge in [-0.25, -0.2) is 4.39 Å². The van der Waals surface area contributed by atoms with E-state index in [9.17, 15) is 23.9 Å². The van der Waals surface area contributed by atoms with Crippen molar-refractivity contribution in [3.63, 3.8) is 0 Å². The number of halogens is 1. The predicted molar refractivity (Wildman–Crippen MR) is 115 cm³/mol. The summed E-state index contributed by atoms with van der Waals surface area (Å²) in [4.78, 5) is 38.4. The van der Waals surface area contributed by atoms with Crippen LogP contribution < -0.4 is 10.6 Å². The maximum atomic E-state index is 13.5. The second kappa shape index (κ2) is 9.01. The van der Waals surface area contributed by atoms with Crippen LogP contribution in [-0.2, 0) is 11.8 Å². The average Bonchev–Trinajstić information content (AvgIpc) is 2.94. The van der Waals surface area contributed by atoms with E-state index in [0.29, 0.717) is 53.8 Å². The average molecular weight is 429 g/mol. The first-order valence-corrected chi connectivity index (χ1v) is 10.4. The summed E-state index contributed by atoms with van der Waals surface area (Å²) < 4.78 is 15.0. The van der Waals surface area contributed by atoms with Gasteiger partial charge in [0, 0.05) is 24.5 Å². The summed E-state index contributed by atoms with van der Waals surface area (Å²) in [6.07, 6.45) is 2.07. The van der Waals surface area contributed by atoms with Gasteiger partial charge in [0.25, 0.3) is 17.6 Å². The van der Waals surface area contributed by atoms with Crippen molar-refractivity contribution in [2.24, 2.45) is 7.05 Å². The smallest absolute Gasteiger partial charge is 0.294 e. The van der Waals surface area contributed by atoms with Gasteiger partial charge in [0.05, 0.1) is 17.4 Å². The molecule has 1 aliphatic carbocycles. The molecular formula is C23H28FN3O4. The molecule has 0 unspecified atom stereocenters.